The molecule has 0 aliphatic carbocycles. The van der Waals surface area contributed by atoms with Crippen molar-refractivity contribution in [2.75, 3.05) is 19.8 Å². The van der Waals surface area contributed by atoms with Gasteiger partial charge in [-0.05, 0) is 5.56 Å². The second-order valence-electron chi connectivity index (χ2n) is 8.20. The van der Waals surface area contributed by atoms with Crippen molar-refractivity contribution in [3.63, 3.8) is 0 Å². The molecule has 1 heterocycles. The summed E-state index contributed by atoms with van der Waals surface area (Å²) in [4.78, 5) is 49.5. The number of hydrogen-bond acceptors (Lipinski definition) is 7. The first-order valence-corrected chi connectivity index (χ1v) is 11.1. The maximum atomic E-state index is 12.6. The lowest BCUT2D eigenvalue weighted by Crippen LogP contribution is -2.88. The van der Waals surface area contributed by atoms with E-state index in [1.165, 1.54) is 0 Å². The van der Waals surface area contributed by atoms with Gasteiger partial charge in [-0.3, -0.25) is 4.79 Å². The molecule has 1 amide bonds. The number of nitrogens with two attached hydrogens (primary N) is 1. The fraction of sp³-hybridized carbons (Fsp3) is 0.360. The SMILES string of the molecule is C[C@H]1C[NH2+][C@@H](C(=O)OC[C@H](NC(=O)OCc2ccccc2)C(=O)OCC(=O)c2ccccc2)C1. The first-order valence-electron chi connectivity index (χ1n) is 11.1. The van der Waals surface area contributed by atoms with Crippen LogP contribution >= 0.6 is 0 Å². The molecule has 0 saturated carbocycles. The summed E-state index contributed by atoms with van der Waals surface area (Å²) < 4.78 is 15.5. The van der Waals surface area contributed by atoms with Gasteiger partial charge in [-0.15, -0.1) is 0 Å². The summed E-state index contributed by atoms with van der Waals surface area (Å²) in [7, 11) is 0. The number of hydrogen-bond donors (Lipinski definition) is 2. The third-order valence-electron chi connectivity index (χ3n) is 5.40. The third kappa shape index (κ3) is 7.70. The molecule has 1 fully saturated rings. The number of benzene rings is 2. The van der Waals surface area contributed by atoms with E-state index in [9.17, 15) is 19.2 Å². The topological polar surface area (TPSA) is 125 Å². The van der Waals surface area contributed by atoms with E-state index in [0.29, 0.717) is 17.9 Å². The van der Waals surface area contributed by atoms with E-state index in [4.69, 9.17) is 14.2 Å². The molecule has 9 nitrogen and oxygen atoms in total. The Kier molecular flexibility index (Phi) is 9.16. The number of nitrogens with one attached hydrogen (secondary N) is 1. The van der Waals surface area contributed by atoms with Gasteiger partial charge in [0.2, 0.25) is 0 Å². The quantitative estimate of drug-likeness (QED) is 0.305. The van der Waals surface area contributed by atoms with Gasteiger partial charge in [-0.25, -0.2) is 14.4 Å². The molecule has 2 aromatic carbocycles. The summed E-state index contributed by atoms with van der Waals surface area (Å²) in [5.74, 6) is -1.39. The minimum atomic E-state index is -1.32. The standard InChI is InChI=1S/C25H28N2O7/c1-17-12-20(26-13-17)23(29)32-15-21(27-25(31)34-14-18-8-4-2-5-9-18)24(30)33-16-22(28)19-10-6-3-7-11-19/h2-11,17,20-21,26H,12-16H2,1H3,(H,27,31)/p+1/t17-,20-,21+/m1/s1. The van der Waals surface area contributed by atoms with Crippen LogP contribution in [0.3, 0.4) is 0 Å². The summed E-state index contributed by atoms with van der Waals surface area (Å²) in [6, 6.07) is 15.7. The Morgan fingerprint density at radius 2 is 1.65 bits per heavy atom. The molecule has 180 valence electrons. The van der Waals surface area contributed by atoms with Gasteiger partial charge >= 0.3 is 18.0 Å². The molecule has 0 unspecified atom stereocenters. The molecular formula is C25H29N2O7+. The predicted molar refractivity (Wildman–Crippen MR) is 121 cm³/mol. The van der Waals surface area contributed by atoms with Crippen LogP contribution in [0.4, 0.5) is 4.79 Å². The molecule has 3 N–H and O–H groups in total. The Balaban J connectivity index is 1.56. The van der Waals surface area contributed by atoms with Crippen LogP contribution in [0.2, 0.25) is 0 Å². The minimum absolute atomic E-state index is 0.00432. The van der Waals surface area contributed by atoms with Gasteiger partial charge in [0.15, 0.2) is 24.5 Å². The molecule has 0 radical (unpaired) electrons. The second kappa shape index (κ2) is 12.5. The molecule has 0 aromatic heterocycles. The first kappa shape index (κ1) is 24.9. The molecule has 1 saturated heterocycles. The number of carbonyl (C=O) groups is 4. The first-order chi connectivity index (χ1) is 16.4. The molecular weight excluding hydrogens is 440 g/mol. The van der Waals surface area contributed by atoms with Crippen LogP contribution in [0.15, 0.2) is 60.7 Å². The minimum Gasteiger partial charge on any atom is -0.458 e. The lowest BCUT2D eigenvalue weighted by molar-refractivity contribution is -0.660. The Bertz CT molecular complexity index is 981. The summed E-state index contributed by atoms with van der Waals surface area (Å²) in [6.07, 6.45) is -0.205. The number of ether oxygens (including phenoxy) is 3. The molecule has 9 heteroatoms. The number of carbonyl (C=O) groups excluding carboxylic acids is 4. The zero-order valence-electron chi connectivity index (χ0n) is 19.0. The van der Waals surface area contributed by atoms with Crippen molar-refractivity contribution in [3.05, 3.63) is 71.8 Å². The molecule has 1 aliphatic heterocycles. The molecule has 3 rings (SSSR count). The van der Waals surface area contributed by atoms with E-state index >= 15 is 0 Å². The maximum absolute atomic E-state index is 12.6. The van der Waals surface area contributed by atoms with Gasteiger partial charge in [0.25, 0.3) is 0 Å². The summed E-state index contributed by atoms with van der Waals surface area (Å²) in [5, 5.41) is 4.26. The van der Waals surface area contributed by atoms with E-state index in [0.717, 1.165) is 12.1 Å². The molecule has 1 aliphatic rings. The van der Waals surface area contributed by atoms with E-state index in [-0.39, 0.29) is 12.6 Å². The zero-order valence-corrected chi connectivity index (χ0v) is 19.0. The van der Waals surface area contributed by atoms with Crippen LogP contribution in [0.1, 0.15) is 29.3 Å². The van der Waals surface area contributed by atoms with Gasteiger partial charge in [0.1, 0.15) is 13.2 Å². The van der Waals surface area contributed by atoms with Crippen molar-refractivity contribution in [1.29, 1.82) is 0 Å². The van der Waals surface area contributed by atoms with Crippen molar-refractivity contribution in [2.24, 2.45) is 5.92 Å². The monoisotopic (exact) mass is 469 g/mol. The lowest BCUT2D eigenvalue weighted by atomic mass is 10.1. The van der Waals surface area contributed by atoms with E-state index in [1.807, 2.05) is 18.3 Å². The van der Waals surface area contributed by atoms with Crippen LogP contribution in [0.25, 0.3) is 0 Å². The highest BCUT2D eigenvalue weighted by atomic mass is 16.6. The Morgan fingerprint density at radius 1 is 0.971 bits per heavy atom. The summed E-state index contributed by atoms with van der Waals surface area (Å²) >= 11 is 0. The largest absolute Gasteiger partial charge is 0.458 e. The second-order valence-corrected chi connectivity index (χ2v) is 8.20. The molecule has 0 spiro atoms. The highest BCUT2D eigenvalue weighted by molar-refractivity contribution is 5.98. The van der Waals surface area contributed by atoms with Crippen molar-refractivity contribution in [3.8, 4) is 0 Å². The number of esters is 2. The number of alkyl carbamates (subject to hydrolysis) is 1. The van der Waals surface area contributed by atoms with E-state index < -0.39 is 43.1 Å². The van der Waals surface area contributed by atoms with Gasteiger partial charge in [0.05, 0.1) is 6.54 Å². The fourth-order valence-corrected chi connectivity index (χ4v) is 3.51. The van der Waals surface area contributed by atoms with Crippen LogP contribution in [0, 0.1) is 5.92 Å². The zero-order chi connectivity index (χ0) is 24.3. The van der Waals surface area contributed by atoms with Crippen LogP contribution in [0.5, 0.6) is 0 Å². The molecule has 2 aromatic rings. The summed E-state index contributed by atoms with van der Waals surface area (Å²) in [5.41, 5.74) is 1.15. The van der Waals surface area contributed by atoms with Gasteiger partial charge in [-0.2, -0.15) is 0 Å². The summed E-state index contributed by atoms with van der Waals surface area (Å²) in [6.45, 7) is 1.91. The van der Waals surface area contributed by atoms with E-state index in [1.54, 1.807) is 54.6 Å². The predicted octanol–water partition coefficient (Wildman–Crippen LogP) is 1.22. The third-order valence-corrected chi connectivity index (χ3v) is 5.40. The normalized spacial score (nSPS) is 17.9. The highest BCUT2D eigenvalue weighted by Crippen LogP contribution is 2.09. The Morgan fingerprint density at radius 3 is 2.29 bits per heavy atom. The van der Waals surface area contributed by atoms with Crippen molar-refractivity contribution < 1.29 is 38.7 Å². The highest BCUT2D eigenvalue weighted by Gasteiger charge is 2.34. The van der Waals surface area contributed by atoms with Crippen molar-refractivity contribution in [2.45, 2.75) is 32.0 Å². The molecule has 0 bridgehead atoms. The smallest absolute Gasteiger partial charge is 0.408 e. The molecule has 34 heavy (non-hydrogen) atoms. The number of rotatable bonds is 10. The lowest BCUT2D eigenvalue weighted by Gasteiger charge is -2.18. The van der Waals surface area contributed by atoms with Gasteiger partial charge in [0, 0.05) is 17.9 Å². The van der Waals surface area contributed by atoms with Crippen LogP contribution in [-0.2, 0) is 30.4 Å². The Labute approximate surface area is 197 Å². The maximum Gasteiger partial charge on any atom is 0.408 e. The molecule has 3 atom stereocenters. The van der Waals surface area contributed by atoms with Crippen LogP contribution in [-0.4, -0.2) is 55.7 Å². The number of amides is 1. The number of Topliss-reactive ketones (excluding diaryl/α,β-unsaturated/α-hetero) is 1. The Hall–Kier alpha value is -3.72. The van der Waals surface area contributed by atoms with Crippen LogP contribution < -0.4 is 10.6 Å². The van der Waals surface area contributed by atoms with Gasteiger partial charge in [-0.1, -0.05) is 67.6 Å². The number of quaternary nitrogens is 1. The number of ketones is 1. The average Bonchev–Trinajstić information content (AvgIpc) is 3.31. The fourth-order valence-electron chi connectivity index (χ4n) is 3.51. The van der Waals surface area contributed by atoms with Crippen molar-refractivity contribution >= 4 is 23.8 Å². The van der Waals surface area contributed by atoms with Gasteiger partial charge < -0.3 is 24.8 Å². The van der Waals surface area contributed by atoms with E-state index in [2.05, 4.69) is 5.32 Å². The van der Waals surface area contributed by atoms with Crippen molar-refractivity contribution in [1.82, 2.24) is 5.32 Å². The average molecular weight is 470 g/mol.